The summed E-state index contributed by atoms with van der Waals surface area (Å²) in [5.74, 6) is -1.02. The second kappa shape index (κ2) is 8.41. The molecular weight excluding hydrogens is 450 g/mol. The molecule has 0 amide bonds. The summed E-state index contributed by atoms with van der Waals surface area (Å²) in [6.45, 7) is 3.86. The number of aryl methyl sites for hydroxylation is 1. The van der Waals surface area contributed by atoms with Crippen molar-refractivity contribution in [3.63, 3.8) is 0 Å². The number of thioether (sulfide) groups is 1. The Morgan fingerprint density at radius 1 is 1.03 bits per heavy atom. The number of aromatic hydroxyl groups is 2. The molecule has 1 aliphatic heterocycles. The molecule has 1 heterocycles. The van der Waals surface area contributed by atoms with Crippen LogP contribution in [0, 0.1) is 6.92 Å². The van der Waals surface area contributed by atoms with E-state index >= 15 is 0 Å². The Bertz CT molecular complexity index is 1370. The van der Waals surface area contributed by atoms with Gasteiger partial charge in [0.1, 0.15) is 11.5 Å². The molecule has 3 aromatic carbocycles. The quantitative estimate of drug-likeness (QED) is 0.362. The fourth-order valence-electron chi connectivity index (χ4n) is 5.37. The largest absolute Gasteiger partial charge is 0.507 e. The number of fused-ring (bicyclic) bond motifs is 4. The average molecular weight is 478 g/mol. The summed E-state index contributed by atoms with van der Waals surface area (Å²) in [5, 5.41) is 26.3. The van der Waals surface area contributed by atoms with Gasteiger partial charge in [-0.2, -0.15) is 0 Å². The van der Waals surface area contributed by atoms with Crippen molar-refractivity contribution in [2.45, 2.75) is 49.8 Å². The van der Waals surface area contributed by atoms with Gasteiger partial charge in [0.15, 0.2) is 11.6 Å². The van der Waals surface area contributed by atoms with Crippen LogP contribution in [-0.4, -0.2) is 47.2 Å². The average Bonchev–Trinajstić information content (AvgIpc) is 2.81. The molecule has 0 spiro atoms. The van der Waals surface area contributed by atoms with E-state index in [1.54, 1.807) is 24.3 Å². The van der Waals surface area contributed by atoms with Crippen LogP contribution in [0.1, 0.15) is 68.8 Å². The van der Waals surface area contributed by atoms with Crippen molar-refractivity contribution in [2.24, 2.45) is 0 Å². The van der Waals surface area contributed by atoms with E-state index in [0.717, 1.165) is 22.3 Å². The minimum Gasteiger partial charge on any atom is -0.507 e. The highest BCUT2D eigenvalue weighted by Gasteiger charge is 2.38. The normalized spacial score (nSPS) is 22.1. The number of carbonyl (C=O) groups is 2. The van der Waals surface area contributed by atoms with Crippen LogP contribution >= 0.6 is 11.8 Å². The van der Waals surface area contributed by atoms with Crippen molar-refractivity contribution >= 4 is 34.1 Å². The van der Waals surface area contributed by atoms with Crippen LogP contribution in [0.4, 0.5) is 0 Å². The van der Waals surface area contributed by atoms with Crippen molar-refractivity contribution in [3.05, 3.63) is 63.7 Å². The number of phenols is 2. The summed E-state index contributed by atoms with van der Waals surface area (Å²) in [7, 11) is 1.90. The van der Waals surface area contributed by atoms with Crippen LogP contribution in [0.2, 0.25) is 0 Å². The molecule has 3 aromatic rings. The van der Waals surface area contributed by atoms with Crippen LogP contribution in [-0.2, 0) is 4.74 Å². The molecule has 1 saturated heterocycles. The number of hydrogen-bond donors (Lipinski definition) is 3. The van der Waals surface area contributed by atoms with Gasteiger partial charge in [-0.15, -0.1) is 11.8 Å². The molecule has 0 saturated carbocycles. The molecule has 6 nitrogen and oxygen atoms in total. The summed E-state index contributed by atoms with van der Waals surface area (Å²) in [4.78, 5) is 28.2. The molecule has 0 bridgehead atoms. The first-order valence-corrected chi connectivity index (χ1v) is 12.6. The van der Waals surface area contributed by atoms with E-state index < -0.39 is 5.78 Å². The first kappa shape index (κ1) is 22.9. The predicted octanol–water partition coefficient (Wildman–Crippen LogP) is 4.88. The van der Waals surface area contributed by atoms with Crippen molar-refractivity contribution in [3.8, 4) is 11.5 Å². The Morgan fingerprint density at radius 2 is 1.76 bits per heavy atom. The van der Waals surface area contributed by atoms with E-state index in [4.69, 9.17) is 4.74 Å². The van der Waals surface area contributed by atoms with E-state index in [2.05, 4.69) is 5.32 Å². The van der Waals surface area contributed by atoms with Gasteiger partial charge in [-0.05, 0) is 69.1 Å². The van der Waals surface area contributed by atoms with Crippen LogP contribution in [0.15, 0.2) is 35.2 Å². The number of phenolic OH excluding ortho intramolecular Hbond substituents is 2. The summed E-state index contributed by atoms with van der Waals surface area (Å²) < 4.78 is 6.15. The number of carbonyl (C=O) groups excluding carboxylic acids is 2. The summed E-state index contributed by atoms with van der Waals surface area (Å²) in [6.07, 6.45) is 3.03. The van der Waals surface area contributed by atoms with Crippen molar-refractivity contribution in [1.29, 1.82) is 0 Å². The van der Waals surface area contributed by atoms with Gasteiger partial charge in [0, 0.05) is 38.6 Å². The maximum atomic E-state index is 13.7. The second-order valence-corrected chi connectivity index (χ2v) is 9.94. The van der Waals surface area contributed by atoms with Crippen LogP contribution in [0.3, 0.4) is 0 Å². The number of nitrogens with one attached hydrogen (secondary N) is 1. The van der Waals surface area contributed by atoms with Gasteiger partial charge in [0.2, 0.25) is 0 Å². The summed E-state index contributed by atoms with van der Waals surface area (Å²) in [6, 6.07) is 8.72. The van der Waals surface area contributed by atoms with Gasteiger partial charge in [0.25, 0.3) is 0 Å². The van der Waals surface area contributed by atoms with Crippen molar-refractivity contribution in [2.75, 3.05) is 13.3 Å². The fraction of sp³-hybridized carbons (Fsp3) is 0.333. The topological polar surface area (TPSA) is 95.9 Å². The van der Waals surface area contributed by atoms with Gasteiger partial charge >= 0.3 is 0 Å². The lowest BCUT2D eigenvalue weighted by atomic mass is 9.79. The first-order valence-electron chi connectivity index (χ1n) is 11.4. The van der Waals surface area contributed by atoms with Crippen molar-refractivity contribution < 1.29 is 24.5 Å². The molecular formula is C27H27NO5S. The number of ether oxygens (including phenoxy) is 1. The molecule has 0 aromatic heterocycles. The second-order valence-electron chi connectivity index (χ2n) is 9.09. The van der Waals surface area contributed by atoms with E-state index in [1.807, 2.05) is 33.2 Å². The maximum Gasteiger partial charge on any atom is 0.198 e. The highest BCUT2D eigenvalue weighted by Crippen LogP contribution is 2.45. The van der Waals surface area contributed by atoms with Gasteiger partial charge < -0.3 is 20.3 Å². The Balaban J connectivity index is 1.68. The molecule has 5 rings (SSSR count). The molecule has 7 heteroatoms. The zero-order valence-corrected chi connectivity index (χ0v) is 20.4. The Hall–Kier alpha value is -2.87. The highest BCUT2D eigenvalue weighted by molar-refractivity contribution is 7.98. The van der Waals surface area contributed by atoms with E-state index in [1.165, 1.54) is 11.8 Å². The number of ketones is 2. The molecule has 1 fully saturated rings. The SMILES string of the molecule is CN[C@H]1CC[C@H](c2ccc3c(c2O)C(=O)c2cc(SC)c4cc(C)cc(O)c4c2C3=O)O[C@H]1C. The number of hydrogen-bond acceptors (Lipinski definition) is 7. The molecule has 176 valence electrons. The van der Waals surface area contributed by atoms with Gasteiger partial charge in [-0.3, -0.25) is 9.59 Å². The molecule has 1 aliphatic carbocycles. The van der Waals surface area contributed by atoms with Crippen LogP contribution < -0.4 is 5.32 Å². The summed E-state index contributed by atoms with van der Waals surface area (Å²) >= 11 is 1.44. The fourth-order valence-corrected chi connectivity index (χ4v) is 5.99. The lowest BCUT2D eigenvalue weighted by Crippen LogP contribution is -2.42. The molecule has 0 unspecified atom stereocenters. The van der Waals surface area contributed by atoms with E-state index in [9.17, 15) is 19.8 Å². The Morgan fingerprint density at radius 3 is 2.44 bits per heavy atom. The standard InChI is InChI=1S/C27H27NO5S/c1-12-9-16-21(34-4)11-17-23(22(16)19(29)10-12)26(31)15-6-5-14(25(30)24(15)27(17)32)20-8-7-18(28-3)13(2)33-20/h5-6,9-11,13,18,20,28-30H,7-8H2,1-4H3/t13-,18-,20+/m0/s1. The minimum absolute atomic E-state index is 0.0139. The smallest absolute Gasteiger partial charge is 0.198 e. The first-order chi connectivity index (χ1) is 16.3. The minimum atomic E-state index is -0.418. The third-order valence-electron chi connectivity index (χ3n) is 7.10. The third-order valence-corrected chi connectivity index (χ3v) is 7.88. The zero-order chi connectivity index (χ0) is 24.3. The Kier molecular flexibility index (Phi) is 5.67. The van der Waals surface area contributed by atoms with Gasteiger partial charge in [-0.25, -0.2) is 0 Å². The zero-order valence-electron chi connectivity index (χ0n) is 19.6. The van der Waals surface area contributed by atoms with Crippen LogP contribution in [0.25, 0.3) is 10.8 Å². The highest BCUT2D eigenvalue weighted by atomic mass is 32.2. The van der Waals surface area contributed by atoms with Crippen molar-refractivity contribution in [1.82, 2.24) is 5.32 Å². The third kappa shape index (κ3) is 3.34. The van der Waals surface area contributed by atoms with Gasteiger partial charge in [0.05, 0.1) is 17.8 Å². The predicted molar refractivity (Wildman–Crippen MR) is 132 cm³/mol. The molecule has 34 heavy (non-hydrogen) atoms. The van der Waals surface area contributed by atoms with E-state index in [0.29, 0.717) is 17.4 Å². The molecule has 3 N–H and O–H groups in total. The van der Waals surface area contributed by atoms with Gasteiger partial charge in [-0.1, -0.05) is 12.1 Å². The molecule has 0 radical (unpaired) electrons. The molecule has 2 aliphatic rings. The number of likely N-dealkylation sites (N-methyl/N-ethyl adjacent to an activating group) is 1. The lowest BCUT2D eigenvalue weighted by molar-refractivity contribution is -0.0600. The van der Waals surface area contributed by atoms with E-state index in [-0.39, 0.29) is 57.8 Å². The maximum absolute atomic E-state index is 13.7. The Labute approximate surface area is 202 Å². The molecule has 3 atom stereocenters. The summed E-state index contributed by atoms with van der Waals surface area (Å²) in [5.41, 5.74) is 1.94. The number of rotatable bonds is 3. The number of benzene rings is 3. The monoisotopic (exact) mass is 477 g/mol. The van der Waals surface area contributed by atoms with Crippen LogP contribution in [0.5, 0.6) is 11.5 Å². The lowest BCUT2D eigenvalue weighted by Gasteiger charge is -2.35.